The van der Waals surface area contributed by atoms with Gasteiger partial charge in [0.1, 0.15) is 0 Å². The summed E-state index contributed by atoms with van der Waals surface area (Å²) >= 11 is 2.55. The molecule has 17 heavy (non-hydrogen) atoms. The zero-order valence-corrected chi connectivity index (χ0v) is 11.1. The van der Waals surface area contributed by atoms with Gasteiger partial charge in [-0.3, -0.25) is 14.5 Å². The number of hydrogen-bond donors (Lipinski definition) is 1. The van der Waals surface area contributed by atoms with Gasteiger partial charge >= 0.3 is 0 Å². The van der Waals surface area contributed by atoms with E-state index in [1.54, 1.807) is 6.20 Å². The minimum absolute atomic E-state index is 0.114. The van der Waals surface area contributed by atoms with Gasteiger partial charge in [0.05, 0.1) is 12.3 Å². The van der Waals surface area contributed by atoms with Gasteiger partial charge in [0.2, 0.25) is 5.91 Å². The van der Waals surface area contributed by atoms with Crippen LogP contribution in [-0.2, 0) is 11.3 Å². The lowest BCUT2D eigenvalue weighted by Crippen LogP contribution is -2.27. The molecule has 0 unspecified atom stereocenters. The van der Waals surface area contributed by atoms with Gasteiger partial charge in [-0.2, -0.15) is 0 Å². The summed E-state index contributed by atoms with van der Waals surface area (Å²) in [4.78, 5) is 29.2. The molecule has 1 aromatic rings. The van der Waals surface area contributed by atoms with Crippen molar-refractivity contribution in [2.24, 2.45) is 0 Å². The molecule has 92 valence electrons. The van der Waals surface area contributed by atoms with E-state index in [0.29, 0.717) is 6.54 Å². The smallest absolute Gasteiger partial charge is 0.289 e. The van der Waals surface area contributed by atoms with Gasteiger partial charge in [0, 0.05) is 17.6 Å². The molecule has 2 amide bonds. The topological polar surface area (TPSA) is 62.3 Å². The Kier molecular flexibility index (Phi) is 4.01. The third kappa shape index (κ3) is 2.98. The number of nitrogens with one attached hydrogen (secondary N) is 1. The summed E-state index contributed by atoms with van der Waals surface area (Å²) in [6, 6.07) is 0. The first kappa shape index (κ1) is 12.4. The summed E-state index contributed by atoms with van der Waals surface area (Å²) < 4.78 is 0. The fourth-order valence-corrected chi connectivity index (χ4v) is 2.94. The first-order chi connectivity index (χ1) is 8.20. The van der Waals surface area contributed by atoms with Crippen LogP contribution in [0.25, 0.3) is 0 Å². The number of carbonyl (C=O) groups excluding carboxylic acids is 2. The molecule has 1 fully saturated rings. The number of aromatic nitrogens is 1. The van der Waals surface area contributed by atoms with Crippen molar-refractivity contribution >= 4 is 39.4 Å². The van der Waals surface area contributed by atoms with Crippen LogP contribution in [0.15, 0.2) is 6.20 Å². The molecule has 1 aliphatic rings. The van der Waals surface area contributed by atoms with Crippen molar-refractivity contribution in [3.63, 3.8) is 0 Å². The van der Waals surface area contributed by atoms with Gasteiger partial charge in [-0.25, -0.2) is 4.98 Å². The van der Waals surface area contributed by atoms with Crippen LogP contribution < -0.4 is 5.32 Å². The lowest BCUT2D eigenvalue weighted by molar-refractivity contribution is -0.124. The van der Waals surface area contributed by atoms with E-state index in [2.05, 4.69) is 17.2 Å². The largest absolute Gasteiger partial charge is 0.362 e. The molecule has 1 aliphatic heterocycles. The lowest BCUT2D eigenvalue weighted by Gasteiger charge is -2.09. The van der Waals surface area contributed by atoms with Crippen molar-refractivity contribution in [1.29, 1.82) is 0 Å². The summed E-state index contributed by atoms with van der Waals surface area (Å²) in [5.41, 5.74) is 0. The summed E-state index contributed by atoms with van der Waals surface area (Å²) in [7, 11) is 0. The predicted octanol–water partition coefficient (Wildman–Crippen LogP) is 2.16. The van der Waals surface area contributed by atoms with Crippen LogP contribution in [0.2, 0.25) is 0 Å². The second-order valence-corrected chi connectivity index (χ2v) is 5.63. The van der Waals surface area contributed by atoms with E-state index in [1.165, 1.54) is 16.2 Å². The highest BCUT2D eigenvalue weighted by atomic mass is 32.2. The maximum Gasteiger partial charge on any atom is 0.289 e. The summed E-state index contributed by atoms with van der Waals surface area (Å²) in [6.07, 6.45) is 2.75. The minimum Gasteiger partial charge on any atom is -0.362 e. The van der Waals surface area contributed by atoms with Crippen molar-refractivity contribution < 1.29 is 9.59 Å². The normalized spacial score (nSPS) is 15.7. The molecule has 1 N–H and O–H groups in total. The number of thioether (sulfide) groups is 1. The van der Waals surface area contributed by atoms with Crippen molar-refractivity contribution in [1.82, 2.24) is 9.88 Å². The highest BCUT2D eigenvalue weighted by Crippen LogP contribution is 2.25. The highest BCUT2D eigenvalue weighted by molar-refractivity contribution is 8.14. The van der Waals surface area contributed by atoms with Crippen LogP contribution in [0.3, 0.4) is 0 Å². The lowest BCUT2D eigenvalue weighted by atomic mass is 10.4. The van der Waals surface area contributed by atoms with Crippen LogP contribution in [0, 0.1) is 0 Å². The van der Waals surface area contributed by atoms with Crippen LogP contribution in [0.4, 0.5) is 9.93 Å². The van der Waals surface area contributed by atoms with Crippen LogP contribution in [0.5, 0.6) is 0 Å². The number of imide groups is 1. The SMILES string of the molecule is CCCNc1ncc(CN2C(=O)CSC2=O)s1. The maximum atomic E-state index is 11.4. The first-order valence-corrected chi connectivity index (χ1v) is 7.16. The third-order valence-electron chi connectivity index (χ3n) is 2.23. The fourth-order valence-electron chi connectivity index (χ4n) is 1.38. The summed E-state index contributed by atoms with van der Waals surface area (Å²) in [5.74, 6) is 0.148. The van der Waals surface area contributed by atoms with Crippen molar-refractivity contribution in [3.8, 4) is 0 Å². The summed E-state index contributed by atoms with van der Waals surface area (Å²) in [5, 5.41) is 3.86. The molecular weight excluding hydrogens is 258 g/mol. The number of carbonyl (C=O) groups is 2. The average molecular weight is 271 g/mol. The Morgan fingerprint density at radius 3 is 3.00 bits per heavy atom. The van der Waals surface area contributed by atoms with E-state index in [0.717, 1.165) is 34.7 Å². The molecule has 0 bridgehead atoms. The third-order valence-corrected chi connectivity index (χ3v) is 4.03. The Morgan fingerprint density at radius 2 is 2.35 bits per heavy atom. The molecule has 0 aromatic carbocycles. The van der Waals surface area contributed by atoms with Crippen molar-refractivity contribution in [3.05, 3.63) is 11.1 Å². The monoisotopic (exact) mass is 271 g/mol. The molecule has 0 atom stereocenters. The van der Waals surface area contributed by atoms with Crippen LogP contribution >= 0.6 is 23.1 Å². The first-order valence-electron chi connectivity index (χ1n) is 5.36. The van der Waals surface area contributed by atoms with E-state index in [-0.39, 0.29) is 16.9 Å². The standard InChI is InChI=1S/C10H13N3O2S2/c1-2-3-11-9-12-4-7(17-9)5-13-8(14)6-16-10(13)15/h4H,2-3,5-6H2,1H3,(H,11,12). The minimum atomic E-state index is -0.161. The molecule has 0 spiro atoms. The van der Waals surface area contributed by atoms with Crippen molar-refractivity contribution in [2.75, 3.05) is 17.6 Å². The number of anilines is 1. The van der Waals surface area contributed by atoms with Gasteiger partial charge in [0.25, 0.3) is 5.24 Å². The molecule has 0 aliphatic carbocycles. The van der Waals surface area contributed by atoms with Gasteiger partial charge < -0.3 is 5.32 Å². The zero-order chi connectivity index (χ0) is 12.3. The van der Waals surface area contributed by atoms with Crippen molar-refractivity contribution in [2.45, 2.75) is 19.9 Å². The van der Waals surface area contributed by atoms with E-state index in [9.17, 15) is 9.59 Å². The Hall–Kier alpha value is -1.08. The van der Waals surface area contributed by atoms with Gasteiger partial charge in [-0.1, -0.05) is 18.7 Å². The van der Waals surface area contributed by atoms with Gasteiger partial charge in [0.15, 0.2) is 5.13 Å². The van der Waals surface area contributed by atoms with E-state index in [4.69, 9.17) is 0 Å². The highest BCUT2D eigenvalue weighted by Gasteiger charge is 2.30. The Morgan fingerprint density at radius 1 is 1.53 bits per heavy atom. The van der Waals surface area contributed by atoms with E-state index in [1.807, 2.05) is 0 Å². The molecule has 2 rings (SSSR count). The van der Waals surface area contributed by atoms with Crippen LogP contribution in [-0.4, -0.2) is 33.3 Å². The molecule has 0 radical (unpaired) electrons. The number of nitrogens with zero attached hydrogens (tertiary/aromatic N) is 2. The van der Waals surface area contributed by atoms with Crippen LogP contribution in [0.1, 0.15) is 18.2 Å². The molecule has 2 heterocycles. The Labute approximate surface area is 108 Å². The molecule has 5 nitrogen and oxygen atoms in total. The molecule has 0 saturated carbocycles. The molecule has 1 saturated heterocycles. The number of rotatable bonds is 5. The summed E-state index contributed by atoms with van der Waals surface area (Å²) in [6.45, 7) is 3.31. The zero-order valence-electron chi connectivity index (χ0n) is 9.43. The quantitative estimate of drug-likeness (QED) is 0.889. The number of amides is 2. The second-order valence-electron chi connectivity index (χ2n) is 3.59. The molecule has 1 aromatic heterocycles. The predicted molar refractivity (Wildman–Crippen MR) is 69.3 cm³/mol. The fraction of sp³-hybridized carbons (Fsp3) is 0.500. The van der Waals surface area contributed by atoms with E-state index >= 15 is 0 Å². The average Bonchev–Trinajstić information content (AvgIpc) is 2.88. The Bertz CT molecular complexity index is 417. The Balaban J connectivity index is 1.96. The number of hydrogen-bond acceptors (Lipinski definition) is 6. The number of thiazole rings is 1. The molecule has 7 heteroatoms. The second kappa shape index (κ2) is 5.50. The van der Waals surface area contributed by atoms with E-state index < -0.39 is 0 Å². The van der Waals surface area contributed by atoms with Gasteiger partial charge in [-0.15, -0.1) is 11.3 Å². The maximum absolute atomic E-state index is 11.4. The van der Waals surface area contributed by atoms with Gasteiger partial charge in [-0.05, 0) is 6.42 Å². The molecular formula is C10H13N3O2S2.